The molecule has 0 bridgehead atoms. The Bertz CT molecular complexity index is 813. The maximum Gasteiger partial charge on any atom is 0.0986 e. The van der Waals surface area contributed by atoms with E-state index in [9.17, 15) is 0 Å². The van der Waals surface area contributed by atoms with E-state index in [1.807, 2.05) is 29.1 Å². The first-order valence-corrected chi connectivity index (χ1v) is 8.09. The second-order valence-electron chi connectivity index (χ2n) is 6.30. The van der Waals surface area contributed by atoms with E-state index in [4.69, 9.17) is 5.10 Å². The fourth-order valence-corrected chi connectivity index (χ4v) is 3.24. The number of hydrogen-bond donors (Lipinski definition) is 1. The Kier molecular flexibility index (Phi) is 3.50. The van der Waals surface area contributed by atoms with Crippen LogP contribution >= 0.6 is 0 Å². The van der Waals surface area contributed by atoms with Gasteiger partial charge in [0.2, 0.25) is 0 Å². The Labute approximate surface area is 136 Å². The monoisotopic (exact) mass is 307 g/mol. The average Bonchev–Trinajstić information content (AvgIpc) is 3.09. The van der Waals surface area contributed by atoms with E-state index in [0.29, 0.717) is 12.6 Å². The summed E-state index contributed by atoms with van der Waals surface area (Å²) in [5.74, 6) is 0. The second kappa shape index (κ2) is 5.66. The molecule has 3 aromatic rings. The molecule has 0 saturated heterocycles. The number of aromatic nitrogens is 4. The van der Waals surface area contributed by atoms with Crippen LogP contribution in [0.5, 0.6) is 0 Å². The van der Waals surface area contributed by atoms with Gasteiger partial charge >= 0.3 is 0 Å². The zero-order valence-corrected chi connectivity index (χ0v) is 13.5. The minimum Gasteiger partial charge on any atom is -0.347 e. The lowest BCUT2D eigenvalue weighted by atomic mass is 10.1. The summed E-state index contributed by atoms with van der Waals surface area (Å²) in [6.45, 7) is 6.87. The largest absolute Gasteiger partial charge is 0.347 e. The molecular formula is C18H21N5. The van der Waals surface area contributed by atoms with E-state index in [-0.39, 0.29) is 0 Å². The Balaban J connectivity index is 1.72. The first-order chi connectivity index (χ1) is 11.2. The molecule has 0 saturated carbocycles. The zero-order valence-electron chi connectivity index (χ0n) is 13.5. The molecule has 23 heavy (non-hydrogen) atoms. The van der Waals surface area contributed by atoms with Crippen LogP contribution in [0.4, 0.5) is 0 Å². The summed E-state index contributed by atoms with van der Waals surface area (Å²) in [6.07, 6.45) is 6.13. The Morgan fingerprint density at radius 3 is 2.91 bits per heavy atom. The summed E-state index contributed by atoms with van der Waals surface area (Å²) in [5.41, 5.74) is 5.94. The number of pyridine rings is 1. The van der Waals surface area contributed by atoms with Gasteiger partial charge in [-0.25, -0.2) is 0 Å². The van der Waals surface area contributed by atoms with E-state index in [1.54, 1.807) is 0 Å². The minimum absolute atomic E-state index is 0.456. The predicted octanol–water partition coefficient (Wildman–Crippen LogP) is 2.98. The van der Waals surface area contributed by atoms with Gasteiger partial charge in [-0.1, -0.05) is 6.07 Å². The highest BCUT2D eigenvalue weighted by atomic mass is 15.3. The fourth-order valence-electron chi connectivity index (χ4n) is 3.24. The van der Waals surface area contributed by atoms with Crippen molar-refractivity contribution >= 4 is 0 Å². The van der Waals surface area contributed by atoms with Crippen molar-refractivity contribution < 1.29 is 0 Å². The van der Waals surface area contributed by atoms with E-state index in [1.165, 1.54) is 16.8 Å². The first-order valence-electron chi connectivity index (χ1n) is 8.09. The Hall–Kier alpha value is -2.40. The molecule has 1 N–H and O–H groups in total. The van der Waals surface area contributed by atoms with Gasteiger partial charge in [0.1, 0.15) is 0 Å². The van der Waals surface area contributed by atoms with Crippen LogP contribution in [0.15, 0.2) is 42.9 Å². The van der Waals surface area contributed by atoms with Crippen molar-refractivity contribution in [3.8, 4) is 11.3 Å². The predicted molar refractivity (Wildman–Crippen MR) is 89.9 cm³/mol. The van der Waals surface area contributed by atoms with Gasteiger partial charge in [0, 0.05) is 54.5 Å². The van der Waals surface area contributed by atoms with Crippen LogP contribution in [0.25, 0.3) is 11.3 Å². The molecule has 0 fully saturated rings. The van der Waals surface area contributed by atoms with Gasteiger partial charge < -0.3 is 9.88 Å². The van der Waals surface area contributed by atoms with Gasteiger partial charge in [0.15, 0.2) is 0 Å². The van der Waals surface area contributed by atoms with Crippen molar-refractivity contribution in [2.75, 3.05) is 0 Å². The molecule has 3 aromatic heterocycles. The summed E-state index contributed by atoms with van der Waals surface area (Å²) in [7, 11) is 0. The van der Waals surface area contributed by atoms with Crippen LogP contribution in [0.2, 0.25) is 0 Å². The lowest BCUT2D eigenvalue weighted by Crippen LogP contribution is -2.15. The van der Waals surface area contributed by atoms with Gasteiger partial charge in [-0.2, -0.15) is 5.10 Å². The van der Waals surface area contributed by atoms with E-state index < -0.39 is 0 Å². The number of hydrogen-bond acceptors (Lipinski definition) is 3. The Morgan fingerprint density at radius 1 is 1.22 bits per heavy atom. The SMILES string of the molecule is CC(C)n1ccc2c1CNCc1cn(Cc3ccccn3)nc1-2. The third-order valence-corrected chi connectivity index (χ3v) is 4.33. The third-order valence-electron chi connectivity index (χ3n) is 4.33. The number of rotatable bonds is 3. The van der Waals surface area contributed by atoms with Crippen LogP contribution in [0, 0.1) is 0 Å². The molecule has 0 spiro atoms. The summed E-state index contributed by atoms with van der Waals surface area (Å²) in [5, 5.41) is 8.37. The van der Waals surface area contributed by atoms with Gasteiger partial charge in [-0.05, 0) is 32.0 Å². The minimum atomic E-state index is 0.456. The van der Waals surface area contributed by atoms with Crippen molar-refractivity contribution in [2.24, 2.45) is 0 Å². The normalized spacial score (nSPS) is 13.7. The highest BCUT2D eigenvalue weighted by Gasteiger charge is 2.21. The average molecular weight is 307 g/mol. The molecule has 0 aliphatic carbocycles. The van der Waals surface area contributed by atoms with E-state index >= 15 is 0 Å². The molecule has 5 heteroatoms. The van der Waals surface area contributed by atoms with Crippen LogP contribution in [0.3, 0.4) is 0 Å². The smallest absolute Gasteiger partial charge is 0.0986 e. The van der Waals surface area contributed by atoms with Crippen molar-refractivity contribution in [1.82, 2.24) is 24.6 Å². The van der Waals surface area contributed by atoms with Gasteiger partial charge in [0.05, 0.1) is 17.9 Å². The molecule has 0 aromatic carbocycles. The maximum atomic E-state index is 4.84. The van der Waals surface area contributed by atoms with Crippen LogP contribution < -0.4 is 5.32 Å². The lowest BCUT2D eigenvalue weighted by molar-refractivity contribution is 0.555. The van der Waals surface area contributed by atoms with Crippen molar-refractivity contribution in [1.29, 1.82) is 0 Å². The molecule has 0 amide bonds. The topological polar surface area (TPSA) is 47.7 Å². The molecule has 4 heterocycles. The molecule has 0 atom stereocenters. The summed E-state index contributed by atoms with van der Waals surface area (Å²) in [4.78, 5) is 4.39. The molecule has 0 unspecified atom stereocenters. The number of nitrogens with zero attached hydrogens (tertiary/aromatic N) is 4. The summed E-state index contributed by atoms with van der Waals surface area (Å²) < 4.78 is 4.33. The highest BCUT2D eigenvalue weighted by molar-refractivity contribution is 5.67. The third kappa shape index (κ3) is 2.57. The van der Waals surface area contributed by atoms with E-state index in [0.717, 1.165) is 24.5 Å². The molecule has 1 aliphatic rings. The lowest BCUT2D eigenvalue weighted by Gasteiger charge is -2.13. The van der Waals surface area contributed by atoms with Crippen LogP contribution in [0.1, 0.15) is 36.8 Å². The van der Waals surface area contributed by atoms with Gasteiger partial charge in [0.25, 0.3) is 0 Å². The van der Waals surface area contributed by atoms with E-state index in [2.05, 4.69) is 47.2 Å². The van der Waals surface area contributed by atoms with Crippen molar-refractivity contribution in [2.45, 2.75) is 39.5 Å². The number of nitrogens with one attached hydrogen (secondary N) is 1. The molecular weight excluding hydrogens is 286 g/mol. The van der Waals surface area contributed by atoms with Crippen LogP contribution in [-0.4, -0.2) is 19.3 Å². The summed E-state index contributed by atoms with van der Waals surface area (Å²) in [6, 6.07) is 8.63. The fraction of sp³-hybridized carbons (Fsp3) is 0.333. The first kappa shape index (κ1) is 14.2. The second-order valence-corrected chi connectivity index (χ2v) is 6.30. The zero-order chi connectivity index (χ0) is 15.8. The maximum absolute atomic E-state index is 4.84. The molecule has 0 radical (unpaired) electrons. The number of fused-ring (bicyclic) bond motifs is 3. The van der Waals surface area contributed by atoms with Gasteiger partial charge in [-0.15, -0.1) is 0 Å². The molecule has 4 rings (SSSR count). The quantitative estimate of drug-likeness (QED) is 0.809. The van der Waals surface area contributed by atoms with Crippen molar-refractivity contribution in [3.63, 3.8) is 0 Å². The highest BCUT2D eigenvalue weighted by Crippen LogP contribution is 2.31. The van der Waals surface area contributed by atoms with Crippen LogP contribution in [-0.2, 0) is 19.6 Å². The molecule has 1 aliphatic heterocycles. The molecule has 118 valence electrons. The summed E-state index contributed by atoms with van der Waals surface area (Å²) >= 11 is 0. The standard InChI is InChI=1S/C18H21N5/c1-13(2)23-8-6-16-17(23)10-19-9-14-11-22(21-18(14)16)12-15-5-3-4-7-20-15/h3-8,11,13,19H,9-10,12H2,1-2H3. The van der Waals surface area contributed by atoms with Crippen molar-refractivity contribution in [3.05, 3.63) is 59.8 Å². The Morgan fingerprint density at radius 2 is 2.13 bits per heavy atom. The van der Waals surface area contributed by atoms with Gasteiger partial charge in [-0.3, -0.25) is 9.67 Å². The molecule has 5 nitrogen and oxygen atoms in total.